The number of carbonyl (C=O) groups excluding carboxylic acids is 2. The first-order valence-corrected chi connectivity index (χ1v) is 11.1. The molecule has 156 valence electrons. The van der Waals surface area contributed by atoms with Crippen molar-refractivity contribution in [1.29, 1.82) is 0 Å². The fourth-order valence-corrected chi connectivity index (χ4v) is 3.75. The first kappa shape index (κ1) is 23.1. The van der Waals surface area contributed by atoms with Gasteiger partial charge in [0.15, 0.2) is 6.61 Å². The topological polar surface area (TPSA) is 102 Å². The number of ether oxygens (including phenoxy) is 1. The van der Waals surface area contributed by atoms with E-state index in [-0.39, 0.29) is 10.9 Å². The molecule has 29 heavy (non-hydrogen) atoms. The molecule has 0 saturated carbocycles. The minimum atomic E-state index is -3.85. The fraction of sp³-hybridized carbons (Fsp3) is 0.300. The summed E-state index contributed by atoms with van der Waals surface area (Å²) in [6, 6.07) is 11.9. The van der Waals surface area contributed by atoms with Crippen molar-refractivity contribution >= 4 is 37.8 Å². The normalized spacial score (nSPS) is 12.3. The zero-order valence-corrected chi connectivity index (χ0v) is 18.8. The third-order valence-electron chi connectivity index (χ3n) is 4.31. The van der Waals surface area contributed by atoms with E-state index in [1.165, 1.54) is 12.1 Å². The second kappa shape index (κ2) is 10.00. The Morgan fingerprint density at radius 3 is 2.34 bits per heavy atom. The highest BCUT2D eigenvalue weighted by molar-refractivity contribution is 9.10. The van der Waals surface area contributed by atoms with Crippen LogP contribution in [0.2, 0.25) is 0 Å². The molecule has 0 bridgehead atoms. The van der Waals surface area contributed by atoms with Gasteiger partial charge < -0.3 is 10.1 Å². The van der Waals surface area contributed by atoms with E-state index in [9.17, 15) is 18.0 Å². The van der Waals surface area contributed by atoms with Gasteiger partial charge in [-0.3, -0.25) is 9.59 Å². The van der Waals surface area contributed by atoms with Gasteiger partial charge in [0.1, 0.15) is 6.54 Å². The van der Waals surface area contributed by atoms with Gasteiger partial charge in [0.2, 0.25) is 10.0 Å². The van der Waals surface area contributed by atoms with Crippen molar-refractivity contribution in [2.75, 3.05) is 13.2 Å². The number of carbonyl (C=O) groups is 2. The molecular weight excluding hydrogens is 460 g/mol. The molecule has 9 heteroatoms. The Labute approximate surface area is 179 Å². The van der Waals surface area contributed by atoms with Gasteiger partial charge >= 0.3 is 5.97 Å². The number of benzene rings is 2. The van der Waals surface area contributed by atoms with Crippen molar-refractivity contribution in [3.05, 3.63) is 63.6 Å². The standard InChI is InChI=1S/C20H23BrN2O5S/c1-13-4-9-18(10-14(13)2)29(26,27)22-11-20(25)28-12-19(24)23-15(3)16-5-7-17(21)8-6-16/h4-10,15,22H,11-12H2,1-3H3,(H,23,24). The second-order valence-corrected chi connectivity index (χ2v) is 9.25. The van der Waals surface area contributed by atoms with Crippen molar-refractivity contribution < 1.29 is 22.7 Å². The predicted molar refractivity (Wildman–Crippen MR) is 113 cm³/mol. The van der Waals surface area contributed by atoms with Crippen molar-refractivity contribution in [2.24, 2.45) is 0 Å². The van der Waals surface area contributed by atoms with Gasteiger partial charge in [0.05, 0.1) is 10.9 Å². The van der Waals surface area contributed by atoms with E-state index in [0.717, 1.165) is 21.2 Å². The first-order chi connectivity index (χ1) is 13.6. The molecule has 0 spiro atoms. The van der Waals surface area contributed by atoms with Crippen LogP contribution in [-0.2, 0) is 24.3 Å². The number of nitrogens with one attached hydrogen (secondary N) is 2. The van der Waals surface area contributed by atoms with Crippen LogP contribution < -0.4 is 10.0 Å². The smallest absolute Gasteiger partial charge is 0.321 e. The molecule has 0 aliphatic rings. The third kappa shape index (κ3) is 6.95. The molecule has 1 amide bonds. The van der Waals surface area contributed by atoms with E-state index in [2.05, 4.69) is 26.0 Å². The first-order valence-electron chi connectivity index (χ1n) is 8.86. The van der Waals surface area contributed by atoms with Crippen LogP contribution in [0.15, 0.2) is 51.8 Å². The number of aryl methyl sites for hydroxylation is 2. The summed E-state index contributed by atoms with van der Waals surface area (Å²) in [6.07, 6.45) is 0. The number of hydrogen-bond donors (Lipinski definition) is 2. The molecule has 0 fully saturated rings. The van der Waals surface area contributed by atoms with Crippen LogP contribution in [0, 0.1) is 13.8 Å². The van der Waals surface area contributed by atoms with Crippen LogP contribution in [0.1, 0.15) is 29.7 Å². The lowest BCUT2D eigenvalue weighted by Gasteiger charge is -2.14. The van der Waals surface area contributed by atoms with E-state index in [1.54, 1.807) is 19.9 Å². The summed E-state index contributed by atoms with van der Waals surface area (Å²) in [4.78, 5) is 23.8. The van der Waals surface area contributed by atoms with Crippen LogP contribution in [0.5, 0.6) is 0 Å². The quantitative estimate of drug-likeness (QED) is 0.563. The summed E-state index contributed by atoms with van der Waals surface area (Å²) in [5.74, 6) is -1.32. The molecule has 0 aromatic heterocycles. The molecule has 1 unspecified atom stereocenters. The van der Waals surface area contributed by atoms with Crippen LogP contribution in [0.3, 0.4) is 0 Å². The molecule has 0 heterocycles. The van der Waals surface area contributed by atoms with E-state index < -0.39 is 35.1 Å². The summed E-state index contributed by atoms with van der Waals surface area (Å²) in [5, 5.41) is 2.71. The Balaban J connectivity index is 1.80. The van der Waals surface area contributed by atoms with E-state index in [0.29, 0.717) is 0 Å². The maximum Gasteiger partial charge on any atom is 0.321 e. The number of hydrogen-bond acceptors (Lipinski definition) is 5. The van der Waals surface area contributed by atoms with Crippen molar-refractivity contribution in [2.45, 2.75) is 31.7 Å². The molecule has 2 aromatic rings. The van der Waals surface area contributed by atoms with Crippen LogP contribution >= 0.6 is 15.9 Å². The van der Waals surface area contributed by atoms with Gasteiger partial charge in [-0.05, 0) is 61.7 Å². The van der Waals surface area contributed by atoms with E-state index in [1.807, 2.05) is 31.2 Å². The third-order valence-corrected chi connectivity index (χ3v) is 6.23. The SMILES string of the molecule is Cc1ccc(S(=O)(=O)NCC(=O)OCC(=O)NC(C)c2ccc(Br)cc2)cc1C. The molecule has 7 nitrogen and oxygen atoms in total. The molecule has 2 N–H and O–H groups in total. The summed E-state index contributed by atoms with van der Waals surface area (Å²) in [6.45, 7) is 4.42. The Bertz CT molecular complexity index is 990. The lowest BCUT2D eigenvalue weighted by atomic mass is 10.1. The molecule has 1 atom stereocenters. The number of rotatable bonds is 8. The zero-order valence-electron chi connectivity index (χ0n) is 16.4. The molecule has 0 aliphatic heterocycles. The predicted octanol–water partition coefficient (Wildman–Crippen LogP) is 2.76. The fourth-order valence-electron chi connectivity index (χ4n) is 2.43. The maximum absolute atomic E-state index is 12.3. The molecular formula is C20H23BrN2O5S. The number of sulfonamides is 1. The van der Waals surface area contributed by atoms with Crippen LogP contribution in [0.4, 0.5) is 0 Å². The molecule has 2 aromatic carbocycles. The van der Waals surface area contributed by atoms with Crippen molar-refractivity contribution in [3.63, 3.8) is 0 Å². The largest absolute Gasteiger partial charge is 0.455 e. The number of esters is 1. The molecule has 0 aliphatic carbocycles. The van der Waals surface area contributed by atoms with Gasteiger partial charge in [0.25, 0.3) is 5.91 Å². The van der Waals surface area contributed by atoms with Gasteiger partial charge in [0, 0.05) is 4.47 Å². The highest BCUT2D eigenvalue weighted by atomic mass is 79.9. The Kier molecular flexibility index (Phi) is 7.95. The van der Waals surface area contributed by atoms with Gasteiger partial charge in [-0.1, -0.05) is 34.1 Å². The number of halogens is 1. The highest BCUT2D eigenvalue weighted by Crippen LogP contribution is 2.16. The van der Waals surface area contributed by atoms with Gasteiger partial charge in [-0.2, -0.15) is 4.72 Å². The van der Waals surface area contributed by atoms with E-state index in [4.69, 9.17) is 4.74 Å². The Morgan fingerprint density at radius 1 is 1.07 bits per heavy atom. The lowest BCUT2D eigenvalue weighted by molar-refractivity contribution is -0.147. The van der Waals surface area contributed by atoms with E-state index >= 15 is 0 Å². The summed E-state index contributed by atoms with van der Waals surface area (Å²) in [7, 11) is -3.85. The summed E-state index contributed by atoms with van der Waals surface area (Å²) < 4.78 is 32.5. The minimum Gasteiger partial charge on any atom is -0.455 e. The summed E-state index contributed by atoms with van der Waals surface area (Å²) in [5.41, 5.74) is 2.69. The molecule has 0 saturated heterocycles. The Hall–Kier alpha value is -2.23. The molecule has 2 rings (SSSR count). The second-order valence-electron chi connectivity index (χ2n) is 6.57. The Morgan fingerprint density at radius 2 is 1.72 bits per heavy atom. The average molecular weight is 483 g/mol. The van der Waals surface area contributed by atoms with Gasteiger partial charge in [-0.15, -0.1) is 0 Å². The monoisotopic (exact) mass is 482 g/mol. The minimum absolute atomic E-state index is 0.0643. The summed E-state index contributed by atoms with van der Waals surface area (Å²) >= 11 is 3.34. The zero-order chi connectivity index (χ0) is 21.6. The average Bonchev–Trinajstić information content (AvgIpc) is 2.67. The molecule has 0 radical (unpaired) electrons. The maximum atomic E-state index is 12.3. The van der Waals surface area contributed by atoms with Gasteiger partial charge in [-0.25, -0.2) is 8.42 Å². The van der Waals surface area contributed by atoms with Crippen LogP contribution in [-0.4, -0.2) is 33.4 Å². The number of amides is 1. The van der Waals surface area contributed by atoms with Crippen LogP contribution in [0.25, 0.3) is 0 Å². The van der Waals surface area contributed by atoms with Crippen molar-refractivity contribution in [1.82, 2.24) is 10.0 Å². The van der Waals surface area contributed by atoms with Crippen molar-refractivity contribution in [3.8, 4) is 0 Å². The highest BCUT2D eigenvalue weighted by Gasteiger charge is 2.18. The lowest BCUT2D eigenvalue weighted by Crippen LogP contribution is -2.34.